The Kier molecular flexibility index (Phi) is 33.6. The van der Waals surface area contributed by atoms with Crippen LogP contribution in [-0.4, -0.2) is 189 Å². The first kappa shape index (κ1) is 102. The molecule has 0 radical (unpaired) electrons. The highest BCUT2D eigenvalue weighted by molar-refractivity contribution is 6.02. The maximum Gasteiger partial charge on any atom is 0.326 e. The van der Waals surface area contributed by atoms with Crippen LogP contribution in [-0.2, 0) is 73.5 Å². The number of rotatable bonds is 40. The third-order valence-corrected chi connectivity index (χ3v) is 21.3. The number of hydrogen-bond donors (Lipinski definition) is 29. The molecule has 10 rings (SSSR count). The van der Waals surface area contributed by atoms with Crippen LogP contribution in [0.15, 0.2) is 218 Å². The van der Waals surface area contributed by atoms with E-state index in [1.165, 1.54) is 64.1 Å². The van der Waals surface area contributed by atoms with Crippen molar-refractivity contribution in [2.45, 2.75) is 119 Å². The summed E-state index contributed by atoms with van der Waals surface area (Å²) in [5, 5.41) is 199. The van der Waals surface area contributed by atoms with E-state index >= 15 is 33.6 Å². The van der Waals surface area contributed by atoms with Crippen molar-refractivity contribution in [3.63, 3.8) is 0 Å². The van der Waals surface area contributed by atoms with Crippen LogP contribution in [0.4, 0.5) is 0 Å². The zero-order valence-electron chi connectivity index (χ0n) is 73.3. The molecule has 0 aliphatic heterocycles. The van der Waals surface area contributed by atoms with E-state index in [1.54, 1.807) is 18.2 Å². The number of aliphatic carboxylic acids is 2. The van der Waals surface area contributed by atoms with Crippen LogP contribution in [0.5, 0.6) is 80.5 Å². The molecule has 0 saturated carbocycles. The summed E-state index contributed by atoms with van der Waals surface area (Å²) in [6, 6.07) is 13.0. The van der Waals surface area contributed by atoms with Crippen LogP contribution in [0.25, 0.3) is 0 Å². The van der Waals surface area contributed by atoms with Crippen LogP contribution >= 0.6 is 0 Å². The molecule has 0 aliphatic rings. The minimum absolute atomic E-state index is 0.144. The normalized spacial score (nSPS) is 13.9. The van der Waals surface area contributed by atoms with Gasteiger partial charge in [-0.05, 0) is 177 Å². The van der Waals surface area contributed by atoms with Gasteiger partial charge in [0.05, 0.1) is 6.42 Å². The summed E-state index contributed by atoms with van der Waals surface area (Å²) in [5.41, 5.74) is 4.00. The number of carbonyl (C=O) groups excluding carboxylic acids is 12. The van der Waals surface area contributed by atoms with E-state index in [-0.39, 0.29) is 45.7 Å². The van der Waals surface area contributed by atoms with Crippen LogP contribution in [0.3, 0.4) is 0 Å². The van der Waals surface area contributed by atoms with Gasteiger partial charge in [-0.2, -0.15) is 0 Å². The first-order valence-corrected chi connectivity index (χ1v) is 41.9. The SMILES string of the molecule is CC(C)[C@H](NC(=O)[C@H](NC(=O)[C@@H](NC(=O)[C@H](NC(=O)[C@@H](NC(=O)[C@H](NC(=O)[C@H](NC(=O)[C@@H](NC(=O)[C@H](N)c1ccc(O)cc1)c1cc(O)cc(O)c1)C(C)C)c1cc(O)cc(O)c1)c1ccc(O)cc1)c1cc(O)cc(O)c1)c1ccc(O)cc1)c1cc(O)cc(O)c1)C(=O)N[C@@H](C(=O)N[C@H](C(=O)N[C@@H](Cc1ccccc1)C(=O)N[C@@H](CC(=O)O)C(=O)O)c1ccc(O)cc1)c1cc(O)cc(O)c1. The average Bonchev–Trinajstić information content (AvgIpc) is 0.804. The quantitative estimate of drug-likeness (QED) is 0.0261. The molecule has 10 aromatic carbocycles. The number of phenolic OH excluding ortho intramolecular Hbond substituents is 14. The molecule has 13 atom stereocenters. The average molecular weight is 1900 g/mol. The second-order valence-electron chi connectivity index (χ2n) is 32.5. The smallest absolute Gasteiger partial charge is 0.326 e. The fourth-order valence-corrected chi connectivity index (χ4v) is 14.5. The first-order chi connectivity index (χ1) is 65.2. The minimum Gasteiger partial charge on any atom is -0.508 e. The lowest BCUT2D eigenvalue weighted by Crippen LogP contribution is -2.56. The van der Waals surface area contributed by atoms with Crippen molar-refractivity contribution in [2.24, 2.45) is 17.6 Å². The topological polar surface area (TPSA) is 733 Å². The molecule has 43 nitrogen and oxygen atoms in total. The highest BCUT2D eigenvalue weighted by Crippen LogP contribution is 2.36. The first-order valence-electron chi connectivity index (χ1n) is 41.9. The fraction of sp³-hybridized carbons (Fsp3) is 0.221. The van der Waals surface area contributed by atoms with E-state index in [0.29, 0.717) is 5.56 Å². The fourth-order valence-electron chi connectivity index (χ4n) is 14.5. The molecular formula is C95H97N13O30. The molecule has 0 fully saturated rings. The summed E-state index contributed by atoms with van der Waals surface area (Å²) in [7, 11) is 0. The van der Waals surface area contributed by atoms with Crippen molar-refractivity contribution in [2.75, 3.05) is 0 Å². The summed E-state index contributed by atoms with van der Waals surface area (Å²) in [6.07, 6.45) is -1.49. The van der Waals surface area contributed by atoms with Crippen molar-refractivity contribution in [1.29, 1.82) is 0 Å². The molecule has 0 spiro atoms. The van der Waals surface area contributed by atoms with E-state index in [2.05, 4.69) is 63.8 Å². The number of nitrogens with two attached hydrogens (primary N) is 1. The number of benzene rings is 10. The minimum atomic E-state index is -2.31. The standard InChI is InChI=1S/C95H97N13O30/c1-43(2)73(99-90(132)78(50-27-59(113)37-60(114)28-50)101-84(126)72(96)46-10-18-55(109)19-11-46)85(127)106-81(53-33-65(119)40-66(120)34-53)93(135)103-77(49-16-24-58(112)25-17-49)89(131)108-82(54-35-67(121)41-68(122)36-54)94(136)104-76(48-14-22-57(111)23-15-48)88(130)107-79(51-29-61(115)38-62(116)30-51)91(133)100-74(44(3)4)86(128)105-80(52-31-63(117)39-64(118)32-52)92(134)102-75(47-12-20-56(110)21-13-47)87(129)97-69(26-45-8-6-5-7-9-45)83(125)98-70(95(137)138)42-71(123)124/h5-25,27-41,43-44,69-70,72-82,109-122H,26,42,96H2,1-4H3,(H,97,129)(H,98,125)(H,99,132)(H,100,133)(H,101,126)(H,102,134)(H,103,135)(H,104,136)(H,105,128)(H,106,127)(H,107,130)(H,108,131)(H,123,124)(H,137,138)/t69-,70-,72+,73+,74-,75-,76-,77-,78-,79+,80+,81+,82+/m0/s1. The van der Waals surface area contributed by atoms with Gasteiger partial charge < -0.3 is 151 Å². The van der Waals surface area contributed by atoms with Gasteiger partial charge in [-0.1, -0.05) is 107 Å². The Morgan fingerprint density at radius 2 is 0.449 bits per heavy atom. The second kappa shape index (κ2) is 45.4. The monoisotopic (exact) mass is 1900 g/mol. The van der Waals surface area contributed by atoms with E-state index in [4.69, 9.17) is 5.73 Å². The molecule has 0 bridgehead atoms. The maximum absolute atomic E-state index is 15.7. The van der Waals surface area contributed by atoms with Gasteiger partial charge in [0.1, 0.15) is 159 Å². The van der Waals surface area contributed by atoms with Crippen molar-refractivity contribution in [1.82, 2.24) is 63.8 Å². The third-order valence-electron chi connectivity index (χ3n) is 21.3. The van der Waals surface area contributed by atoms with Crippen LogP contribution in [0.1, 0.15) is 144 Å². The van der Waals surface area contributed by atoms with Crippen LogP contribution in [0, 0.1) is 11.8 Å². The number of carbonyl (C=O) groups is 14. The van der Waals surface area contributed by atoms with Crippen LogP contribution < -0.4 is 69.5 Å². The van der Waals surface area contributed by atoms with Crippen molar-refractivity contribution < 1.29 is 149 Å². The van der Waals surface area contributed by atoms with E-state index in [9.17, 15) is 115 Å². The van der Waals surface area contributed by atoms with Gasteiger partial charge in [0.25, 0.3) is 0 Å². The second-order valence-corrected chi connectivity index (χ2v) is 32.5. The Labute approximate surface area is 783 Å². The Morgan fingerprint density at radius 3 is 0.696 bits per heavy atom. The molecule has 0 aliphatic carbocycles. The lowest BCUT2D eigenvalue weighted by molar-refractivity contribution is -0.147. The maximum atomic E-state index is 15.7. The van der Waals surface area contributed by atoms with Gasteiger partial charge in [0.2, 0.25) is 70.9 Å². The summed E-state index contributed by atoms with van der Waals surface area (Å²) >= 11 is 0. The number of phenols is 14. The van der Waals surface area contributed by atoms with Crippen molar-refractivity contribution in [3.05, 3.63) is 274 Å². The predicted molar refractivity (Wildman–Crippen MR) is 483 cm³/mol. The van der Waals surface area contributed by atoms with Crippen molar-refractivity contribution in [3.8, 4) is 80.5 Å². The number of aromatic hydroxyl groups is 14. The zero-order chi connectivity index (χ0) is 101. The Balaban J connectivity index is 0.957. The molecular weight excluding hydrogens is 1800 g/mol. The number of carboxylic acid groups (broad SMARTS) is 2. The van der Waals surface area contributed by atoms with E-state index in [0.717, 1.165) is 164 Å². The summed E-state index contributed by atoms with van der Waals surface area (Å²) in [4.78, 5) is 204. The molecule has 10 aromatic rings. The number of amides is 12. The largest absolute Gasteiger partial charge is 0.508 e. The van der Waals surface area contributed by atoms with Gasteiger partial charge in [0.15, 0.2) is 0 Å². The molecule has 12 amide bonds. The number of carboxylic acids is 2. The molecule has 0 aromatic heterocycles. The number of nitrogens with one attached hydrogen (secondary N) is 12. The lowest BCUT2D eigenvalue weighted by atomic mass is 9.97. The molecule has 0 heterocycles. The Bertz CT molecular complexity index is 6110. The molecule has 30 N–H and O–H groups in total. The Hall–Kier alpha value is -18.1. The molecule has 722 valence electrons. The van der Waals surface area contributed by atoms with Gasteiger partial charge in [0, 0.05) is 36.8 Å². The third kappa shape index (κ3) is 27.6. The highest BCUT2D eigenvalue weighted by atomic mass is 16.4. The molecule has 0 unspecified atom stereocenters. The predicted octanol–water partition coefficient (Wildman–Crippen LogP) is 3.48. The summed E-state index contributed by atoms with van der Waals surface area (Å²) < 4.78 is 0. The van der Waals surface area contributed by atoms with E-state index < -0.39 is 271 Å². The van der Waals surface area contributed by atoms with Crippen molar-refractivity contribution >= 4 is 82.8 Å². The number of hydrogen-bond acceptors (Lipinski definition) is 29. The lowest BCUT2D eigenvalue weighted by Gasteiger charge is -2.30. The van der Waals surface area contributed by atoms with Gasteiger partial charge in [-0.25, -0.2) is 4.79 Å². The highest BCUT2D eigenvalue weighted by Gasteiger charge is 2.42. The molecule has 0 saturated heterocycles. The van der Waals surface area contributed by atoms with E-state index in [1.807, 2.05) is 0 Å². The molecule has 138 heavy (non-hydrogen) atoms. The zero-order valence-corrected chi connectivity index (χ0v) is 73.3. The van der Waals surface area contributed by atoms with Crippen LogP contribution in [0.2, 0.25) is 0 Å². The van der Waals surface area contributed by atoms with Gasteiger partial charge in [-0.15, -0.1) is 0 Å². The summed E-state index contributed by atoms with van der Waals surface area (Å²) in [6.45, 7) is 5.59. The van der Waals surface area contributed by atoms with Gasteiger partial charge in [-0.3, -0.25) is 62.3 Å². The van der Waals surface area contributed by atoms with Gasteiger partial charge >= 0.3 is 11.9 Å². The Morgan fingerprint density at radius 1 is 0.232 bits per heavy atom. The summed E-state index contributed by atoms with van der Waals surface area (Å²) in [5.74, 6) is -29.7. The molecule has 43 heteroatoms.